The summed E-state index contributed by atoms with van der Waals surface area (Å²) in [5, 5.41) is 15.9. The summed E-state index contributed by atoms with van der Waals surface area (Å²) in [5.41, 5.74) is 3.71. The third-order valence-corrected chi connectivity index (χ3v) is 6.62. The van der Waals surface area contributed by atoms with Gasteiger partial charge in [0.15, 0.2) is 11.0 Å². The lowest BCUT2D eigenvalue weighted by atomic mass is 10.0. The predicted octanol–water partition coefficient (Wildman–Crippen LogP) is 6.39. The molecule has 37 heavy (non-hydrogen) atoms. The van der Waals surface area contributed by atoms with E-state index in [1.54, 1.807) is 12.1 Å². The summed E-state index contributed by atoms with van der Waals surface area (Å²) < 4.78 is 15.4. The van der Waals surface area contributed by atoms with Gasteiger partial charge in [-0.2, -0.15) is 0 Å². The smallest absolute Gasteiger partial charge is 0.315 e. The number of nitrogens with zero attached hydrogens (tertiary/aromatic N) is 3. The number of hydrogen-bond acceptors (Lipinski definition) is 4. The largest absolute Gasteiger partial charge is 0.334 e. The normalized spacial score (nSPS) is 12.2. The van der Waals surface area contributed by atoms with E-state index in [0.717, 1.165) is 22.4 Å². The van der Waals surface area contributed by atoms with Crippen LogP contribution < -0.4 is 10.6 Å². The van der Waals surface area contributed by atoms with Gasteiger partial charge in [-0.05, 0) is 63.1 Å². The van der Waals surface area contributed by atoms with Gasteiger partial charge in [-0.25, -0.2) is 9.18 Å². The van der Waals surface area contributed by atoms with Gasteiger partial charge in [0.1, 0.15) is 5.82 Å². The van der Waals surface area contributed by atoms with E-state index < -0.39 is 6.04 Å². The third-order valence-electron chi connectivity index (χ3n) is 5.62. The molecule has 4 aromatic rings. The van der Waals surface area contributed by atoms with Gasteiger partial charge >= 0.3 is 6.03 Å². The summed E-state index contributed by atoms with van der Waals surface area (Å²) in [6.07, 6.45) is 0.547. The van der Waals surface area contributed by atoms with Crippen molar-refractivity contribution in [3.63, 3.8) is 0 Å². The fourth-order valence-corrected chi connectivity index (χ4v) is 4.77. The zero-order chi connectivity index (χ0) is 26.4. The van der Waals surface area contributed by atoms with Crippen LogP contribution in [-0.4, -0.2) is 26.3 Å². The minimum absolute atomic E-state index is 0.262. The molecule has 1 heterocycles. The van der Waals surface area contributed by atoms with E-state index in [4.69, 9.17) is 0 Å². The summed E-state index contributed by atoms with van der Waals surface area (Å²) in [7, 11) is 0. The van der Waals surface area contributed by atoms with Crippen molar-refractivity contribution < 1.29 is 9.18 Å². The van der Waals surface area contributed by atoms with Gasteiger partial charge in [-0.15, -0.1) is 10.2 Å². The standard InChI is InChI=1S/C29H32FN5OS/c1-20-10-16-24(17-11-20)35-26(33-34-28(35)37-19-22-12-14-23(30)15-13-22)25(18-21-8-6-5-7-9-21)31-27(36)32-29(2,3)4/h5-17,25H,18-19H2,1-4H3,(H2,31,32,36)/t25-/m1/s1. The molecule has 0 aliphatic rings. The van der Waals surface area contributed by atoms with Crippen molar-refractivity contribution in [1.82, 2.24) is 25.4 Å². The molecule has 0 unspecified atom stereocenters. The summed E-state index contributed by atoms with van der Waals surface area (Å²) in [4.78, 5) is 13.0. The highest BCUT2D eigenvalue weighted by Crippen LogP contribution is 2.29. The number of aryl methyl sites for hydroxylation is 1. The van der Waals surface area contributed by atoms with Crippen molar-refractivity contribution in [2.24, 2.45) is 0 Å². The molecule has 0 fully saturated rings. The number of urea groups is 1. The summed E-state index contributed by atoms with van der Waals surface area (Å²) in [6, 6.07) is 23.9. The molecule has 2 amide bonds. The van der Waals surface area contributed by atoms with E-state index in [1.165, 1.54) is 23.9 Å². The maximum Gasteiger partial charge on any atom is 0.315 e. The van der Waals surface area contributed by atoms with Crippen molar-refractivity contribution in [1.29, 1.82) is 0 Å². The van der Waals surface area contributed by atoms with Gasteiger partial charge in [0.2, 0.25) is 0 Å². The zero-order valence-electron chi connectivity index (χ0n) is 21.5. The Labute approximate surface area is 221 Å². The van der Waals surface area contributed by atoms with Crippen LogP contribution >= 0.6 is 11.8 Å². The van der Waals surface area contributed by atoms with Gasteiger partial charge in [0.05, 0.1) is 6.04 Å². The molecule has 6 nitrogen and oxygen atoms in total. The quantitative estimate of drug-likeness (QED) is 0.266. The van der Waals surface area contributed by atoms with Gasteiger partial charge in [0, 0.05) is 23.4 Å². The number of nitrogens with one attached hydrogen (secondary N) is 2. The molecule has 2 N–H and O–H groups in total. The summed E-state index contributed by atoms with van der Waals surface area (Å²) in [6.45, 7) is 7.87. The Morgan fingerprint density at radius 1 is 0.946 bits per heavy atom. The first-order chi connectivity index (χ1) is 17.7. The first-order valence-electron chi connectivity index (χ1n) is 12.2. The number of hydrogen-bond donors (Lipinski definition) is 2. The maximum atomic E-state index is 13.4. The van der Waals surface area contributed by atoms with Crippen LogP contribution in [0.3, 0.4) is 0 Å². The van der Waals surface area contributed by atoms with Crippen molar-refractivity contribution in [3.8, 4) is 5.69 Å². The van der Waals surface area contributed by atoms with E-state index in [-0.39, 0.29) is 17.4 Å². The average molecular weight is 518 g/mol. The van der Waals surface area contributed by atoms with Crippen LogP contribution in [0, 0.1) is 12.7 Å². The highest BCUT2D eigenvalue weighted by atomic mass is 32.2. The van der Waals surface area contributed by atoms with Gasteiger partial charge in [0.25, 0.3) is 0 Å². The van der Waals surface area contributed by atoms with Gasteiger partial charge in [-0.3, -0.25) is 4.57 Å². The number of rotatable bonds is 8. The van der Waals surface area contributed by atoms with Crippen LogP contribution in [0.5, 0.6) is 0 Å². The van der Waals surface area contributed by atoms with Crippen LogP contribution in [0.2, 0.25) is 0 Å². The Bertz CT molecular complexity index is 1320. The fraction of sp³-hybridized carbons (Fsp3) is 0.276. The molecule has 0 radical (unpaired) electrons. The second kappa shape index (κ2) is 11.6. The monoisotopic (exact) mass is 517 g/mol. The number of aromatic nitrogens is 3. The molecule has 0 aliphatic heterocycles. The number of benzene rings is 3. The Balaban J connectivity index is 1.71. The highest BCUT2D eigenvalue weighted by molar-refractivity contribution is 7.98. The van der Waals surface area contributed by atoms with Gasteiger partial charge in [-0.1, -0.05) is 71.9 Å². The van der Waals surface area contributed by atoms with Crippen LogP contribution in [0.4, 0.5) is 9.18 Å². The molecule has 192 valence electrons. The minimum Gasteiger partial charge on any atom is -0.334 e. The lowest BCUT2D eigenvalue weighted by Crippen LogP contribution is -2.48. The molecule has 0 bridgehead atoms. The first-order valence-corrected chi connectivity index (χ1v) is 13.2. The number of carbonyl (C=O) groups is 1. The Morgan fingerprint density at radius 3 is 2.27 bits per heavy atom. The van der Waals surface area contributed by atoms with Crippen LogP contribution in [0.25, 0.3) is 5.69 Å². The molecule has 1 atom stereocenters. The van der Waals surface area contributed by atoms with Gasteiger partial charge < -0.3 is 10.6 Å². The van der Waals surface area contributed by atoms with E-state index in [2.05, 4.69) is 20.8 Å². The number of thioether (sulfide) groups is 1. The Morgan fingerprint density at radius 2 is 1.62 bits per heavy atom. The topological polar surface area (TPSA) is 71.8 Å². The molecule has 0 aliphatic carbocycles. The maximum absolute atomic E-state index is 13.4. The second-order valence-electron chi connectivity index (χ2n) is 10.0. The Kier molecular flexibility index (Phi) is 8.28. The number of carbonyl (C=O) groups excluding carboxylic acids is 1. The second-order valence-corrected chi connectivity index (χ2v) is 11.0. The number of amides is 2. The molecular weight excluding hydrogens is 485 g/mol. The lowest BCUT2D eigenvalue weighted by molar-refractivity contribution is 0.227. The molecule has 0 spiro atoms. The molecule has 0 saturated heterocycles. The van der Waals surface area contributed by atoms with E-state index in [9.17, 15) is 9.18 Å². The molecule has 8 heteroatoms. The number of halogens is 1. The Hall–Kier alpha value is -3.65. The minimum atomic E-state index is -0.432. The lowest BCUT2D eigenvalue weighted by Gasteiger charge is -2.25. The molecule has 3 aromatic carbocycles. The predicted molar refractivity (Wildman–Crippen MR) is 146 cm³/mol. The van der Waals surface area contributed by atoms with E-state index in [1.807, 2.05) is 86.9 Å². The van der Waals surface area contributed by atoms with Crippen molar-refractivity contribution in [3.05, 3.63) is 107 Å². The molecule has 1 aromatic heterocycles. The van der Waals surface area contributed by atoms with Crippen molar-refractivity contribution >= 4 is 17.8 Å². The molecule has 0 saturated carbocycles. The van der Waals surface area contributed by atoms with Crippen molar-refractivity contribution in [2.45, 2.75) is 56.6 Å². The first kappa shape index (κ1) is 26.4. The molecular formula is C29H32FN5OS. The fourth-order valence-electron chi connectivity index (χ4n) is 3.86. The van der Waals surface area contributed by atoms with E-state index in [0.29, 0.717) is 23.2 Å². The van der Waals surface area contributed by atoms with Crippen LogP contribution in [0.15, 0.2) is 84.0 Å². The average Bonchev–Trinajstić information content (AvgIpc) is 3.27. The molecule has 4 rings (SSSR count). The van der Waals surface area contributed by atoms with Crippen molar-refractivity contribution in [2.75, 3.05) is 0 Å². The summed E-state index contributed by atoms with van der Waals surface area (Å²) in [5.74, 6) is 0.978. The zero-order valence-corrected chi connectivity index (χ0v) is 22.3. The highest BCUT2D eigenvalue weighted by Gasteiger charge is 2.26. The van der Waals surface area contributed by atoms with Crippen LogP contribution in [-0.2, 0) is 12.2 Å². The summed E-state index contributed by atoms with van der Waals surface area (Å²) >= 11 is 1.52. The third kappa shape index (κ3) is 7.43. The van der Waals surface area contributed by atoms with E-state index >= 15 is 0 Å². The SMILES string of the molecule is Cc1ccc(-n2c(SCc3ccc(F)cc3)nnc2[C@@H](Cc2ccccc2)NC(=O)NC(C)(C)C)cc1. The van der Waals surface area contributed by atoms with Crippen LogP contribution in [0.1, 0.15) is 49.3 Å².